The minimum absolute atomic E-state index is 0.197. The Kier molecular flexibility index (Phi) is 7.10. The van der Waals surface area contributed by atoms with Gasteiger partial charge in [-0.1, -0.05) is 29.8 Å². The zero-order chi connectivity index (χ0) is 22.4. The van der Waals surface area contributed by atoms with Crippen LogP contribution in [0.3, 0.4) is 0 Å². The van der Waals surface area contributed by atoms with Gasteiger partial charge in [0.1, 0.15) is 5.75 Å². The molecule has 1 aromatic heterocycles. The molecule has 0 aliphatic rings. The van der Waals surface area contributed by atoms with Crippen molar-refractivity contribution >= 4 is 35.2 Å². The van der Waals surface area contributed by atoms with Gasteiger partial charge in [-0.2, -0.15) is 5.10 Å². The van der Waals surface area contributed by atoms with Crippen molar-refractivity contribution < 1.29 is 14.3 Å². The van der Waals surface area contributed by atoms with Crippen LogP contribution in [0.5, 0.6) is 5.75 Å². The molecule has 0 unspecified atom stereocenters. The fraction of sp³-hybridized carbons (Fsp3) is 0.174. The van der Waals surface area contributed by atoms with Gasteiger partial charge in [0.25, 0.3) is 5.91 Å². The third kappa shape index (κ3) is 5.96. The third-order valence-electron chi connectivity index (χ3n) is 4.62. The average Bonchev–Trinajstić information content (AvgIpc) is 3.00. The molecular formula is C23H23ClN4O3. The first-order chi connectivity index (χ1) is 14.8. The number of rotatable bonds is 8. The molecule has 0 aliphatic carbocycles. The van der Waals surface area contributed by atoms with Crippen LogP contribution >= 0.6 is 11.6 Å². The maximum atomic E-state index is 12.3. The standard InChI is InChI=1S/C23H23ClN4O3/c1-15-20(16(2)28(27-15)13-17-5-3-4-6-21(17)24)11-12-23(30)26-18-7-9-19(10-8-18)31-14-22(25)29/h3-12H,13-14H2,1-2H3,(H2,25,29)(H,26,30)/b12-11+. The van der Waals surface area contributed by atoms with Gasteiger partial charge in [-0.15, -0.1) is 0 Å². The van der Waals surface area contributed by atoms with Gasteiger partial charge < -0.3 is 15.8 Å². The molecule has 3 aromatic rings. The van der Waals surface area contributed by atoms with Gasteiger partial charge >= 0.3 is 0 Å². The Morgan fingerprint density at radius 3 is 2.55 bits per heavy atom. The Morgan fingerprint density at radius 2 is 1.87 bits per heavy atom. The molecule has 0 atom stereocenters. The lowest BCUT2D eigenvalue weighted by Gasteiger charge is -2.07. The highest BCUT2D eigenvalue weighted by molar-refractivity contribution is 6.31. The first-order valence-corrected chi connectivity index (χ1v) is 9.99. The normalized spacial score (nSPS) is 10.9. The van der Waals surface area contributed by atoms with Gasteiger partial charge in [0.2, 0.25) is 5.91 Å². The van der Waals surface area contributed by atoms with Gasteiger partial charge in [-0.25, -0.2) is 0 Å². The fourth-order valence-electron chi connectivity index (χ4n) is 3.03. The smallest absolute Gasteiger partial charge is 0.255 e. The Morgan fingerprint density at radius 1 is 1.16 bits per heavy atom. The molecule has 31 heavy (non-hydrogen) atoms. The van der Waals surface area contributed by atoms with E-state index < -0.39 is 5.91 Å². The summed E-state index contributed by atoms with van der Waals surface area (Å²) in [5.41, 5.74) is 9.28. The van der Waals surface area contributed by atoms with Crippen LogP contribution in [-0.4, -0.2) is 28.2 Å². The molecule has 0 fully saturated rings. The number of carbonyl (C=O) groups is 2. The summed E-state index contributed by atoms with van der Waals surface area (Å²) in [5, 5.41) is 8.05. The molecule has 3 N–H and O–H groups in total. The highest BCUT2D eigenvalue weighted by Gasteiger charge is 2.11. The number of benzene rings is 2. The summed E-state index contributed by atoms with van der Waals surface area (Å²) in [7, 11) is 0. The van der Waals surface area contributed by atoms with Crippen molar-refractivity contribution in [2.45, 2.75) is 20.4 Å². The molecular weight excluding hydrogens is 416 g/mol. The molecule has 1 heterocycles. The number of hydrogen-bond donors (Lipinski definition) is 2. The van der Waals surface area contributed by atoms with E-state index >= 15 is 0 Å². The molecule has 2 aromatic carbocycles. The number of aryl methyl sites for hydroxylation is 1. The van der Waals surface area contributed by atoms with Gasteiger partial charge in [0.05, 0.1) is 12.2 Å². The maximum absolute atomic E-state index is 12.3. The summed E-state index contributed by atoms with van der Waals surface area (Å²) in [6.07, 6.45) is 3.22. The number of carbonyl (C=O) groups excluding carboxylic acids is 2. The van der Waals surface area contributed by atoms with E-state index in [1.807, 2.05) is 42.8 Å². The number of nitrogens with two attached hydrogens (primary N) is 1. The van der Waals surface area contributed by atoms with Crippen LogP contribution in [0.4, 0.5) is 5.69 Å². The molecule has 160 valence electrons. The highest BCUT2D eigenvalue weighted by Crippen LogP contribution is 2.20. The number of primary amides is 1. The largest absolute Gasteiger partial charge is 0.484 e. The average molecular weight is 439 g/mol. The van der Waals surface area contributed by atoms with E-state index in [-0.39, 0.29) is 12.5 Å². The topological polar surface area (TPSA) is 99.2 Å². The molecule has 0 saturated heterocycles. The number of nitrogens with one attached hydrogen (secondary N) is 1. The van der Waals surface area contributed by atoms with Crippen molar-refractivity contribution in [3.63, 3.8) is 0 Å². The zero-order valence-corrected chi connectivity index (χ0v) is 18.0. The number of aromatic nitrogens is 2. The predicted molar refractivity (Wildman–Crippen MR) is 121 cm³/mol. The number of amides is 2. The van der Waals surface area contributed by atoms with Crippen LogP contribution in [0.25, 0.3) is 6.08 Å². The molecule has 0 aliphatic heterocycles. The van der Waals surface area contributed by atoms with Crippen molar-refractivity contribution in [2.75, 3.05) is 11.9 Å². The number of hydrogen-bond acceptors (Lipinski definition) is 4. The minimum atomic E-state index is -0.553. The minimum Gasteiger partial charge on any atom is -0.484 e. The van der Waals surface area contributed by atoms with E-state index in [1.165, 1.54) is 6.08 Å². The maximum Gasteiger partial charge on any atom is 0.255 e. The van der Waals surface area contributed by atoms with Crippen molar-refractivity contribution in [1.82, 2.24) is 9.78 Å². The number of anilines is 1. The molecule has 0 spiro atoms. The number of halogens is 1. The van der Waals surface area contributed by atoms with Crippen molar-refractivity contribution in [1.29, 1.82) is 0 Å². The zero-order valence-electron chi connectivity index (χ0n) is 17.3. The second-order valence-electron chi connectivity index (χ2n) is 6.94. The molecule has 0 radical (unpaired) electrons. The predicted octanol–water partition coefficient (Wildman–Crippen LogP) is 3.72. The van der Waals surface area contributed by atoms with Crippen LogP contribution in [-0.2, 0) is 16.1 Å². The van der Waals surface area contributed by atoms with Crippen LogP contribution in [0.15, 0.2) is 54.6 Å². The highest BCUT2D eigenvalue weighted by atomic mass is 35.5. The lowest BCUT2D eigenvalue weighted by molar-refractivity contribution is -0.120. The third-order valence-corrected chi connectivity index (χ3v) is 4.99. The first-order valence-electron chi connectivity index (χ1n) is 9.61. The second-order valence-corrected chi connectivity index (χ2v) is 7.34. The number of ether oxygens (including phenoxy) is 1. The summed E-state index contributed by atoms with van der Waals surface area (Å²) >= 11 is 6.26. The van der Waals surface area contributed by atoms with E-state index in [4.69, 9.17) is 22.1 Å². The van der Waals surface area contributed by atoms with Crippen LogP contribution in [0.2, 0.25) is 5.02 Å². The Hall–Kier alpha value is -3.58. The molecule has 3 rings (SSSR count). The van der Waals surface area contributed by atoms with E-state index in [9.17, 15) is 9.59 Å². The molecule has 7 nitrogen and oxygen atoms in total. The molecule has 0 saturated carbocycles. The van der Waals surface area contributed by atoms with Gasteiger partial charge in [-0.3, -0.25) is 14.3 Å². The van der Waals surface area contributed by atoms with Crippen LogP contribution in [0, 0.1) is 13.8 Å². The van der Waals surface area contributed by atoms with Crippen molar-refractivity contribution in [2.24, 2.45) is 5.73 Å². The Labute approximate surface area is 185 Å². The second kappa shape index (κ2) is 9.95. The lowest BCUT2D eigenvalue weighted by atomic mass is 10.1. The first kappa shape index (κ1) is 22.1. The Bertz CT molecular complexity index is 1120. The van der Waals surface area contributed by atoms with Crippen molar-refractivity contribution in [3.05, 3.63) is 82.1 Å². The van der Waals surface area contributed by atoms with Gasteiger partial charge in [0.15, 0.2) is 6.61 Å². The van der Waals surface area contributed by atoms with E-state index in [0.29, 0.717) is 23.0 Å². The lowest BCUT2D eigenvalue weighted by Crippen LogP contribution is -2.20. The molecule has 0 bridgehead atoms. The van der Waals surface area contributed by atoms with Crippen molar-refractivity contribution in [3.8, 4) is 5.75 Å². The SMILES string of the molecule is Cc1nn(Cc2ccccc2Cl)c(C)c1/C=C/C(=O)Nc1ccc(OCC(N)=O)cc1. The van der Waals surface area contributed by atoms with Gasteiger partial charge in [-0.05, 0) is 55.8 Å². The summed E-state index contributed by atoms with van der Waals surface area (Å²) in [6, 6.07) is 14.3. The van der Waals surface area contributed by atoms with E-state index in [2.05, 4.69) is 10.4 Å². The van der Waals surface area contributed by atoms with Gasteiger partial charge in [0, 0.05) is 28.0 Å². The quantitative estimate of drug-likeness (QED) is 0.523. The summed E-state index contributed by atoms with van der Waals surface area (Å²) in [5.74, 6) is -0.337. The molecule has 8 heteroatoms. The number of nitrogens with zero attached hydrogens (tertiary/aromatic N) is 2. The monoisotopic (exact) mass is 438 g/mol. The summed E-state index contributed by atoms with van der Waals surface area (Å²) < 4.78 is 7.07. The van der Waals surface area contributed by atoms with E-state index in [1.54, 1.807) is 30.3 Å². The Balaban J connectivity index is 1.65. The van der Waals surface area contributed by atoms with Crippen LogP contribution < -0.4 is 15.8 Å². The van der Waals surface area contributed by atoms with E-state index in [0.717, 1.165) is 22.5 Å². The summed E-state index contributed by atoms with van der Waals surface area (Å²) in [4.78, 5) is 23.1. The fourth-order valence-corrected chi connectivity index (χ4v) is 3.22. The van der Waals surface area contributed by atoms with Crippen LogP contribution in [0.1, 0.15) is 22.5 Å². The summed E-state index contributed by atoms with van der Waals surface area (Å²) in [6.45, 7) is 4.21. The molecule has 2 amide bonds.